The third-order valence-corrected chi connectivity index (χ3v) is 3.19. The summed E-state index contributed by atoms with van der Waals surface area (Å²) in [6, 6.07) is 0. The lowest BCUT2D eigenvalue weighted by Crippen LogP contribution is -2.35. The summed E-state index contributed by atoms with van der Waals surface area (Å²) in [6.45, 7) is 1.92. The minimum Gasteiger partial charge on any atom is -0.375 e. The van der Waals surface area contributed by atoms with Crippen molar-refractivity contribution in [2.24, 2.45) is 11.7 Å². The second kappa shape index (κ2) is 5.39. The van der Waals surface area contributed by atoms with Gasteiger partial charge in [0.05, 0.1) is 0 Å². The molecular weight excluding hydrogens is 291 g/mol. The normalized spacial score (nSPS) is 18.3. The molecule has 1 heterocycles. The number of hydrazine groups is 1. The van der Waals surface area contributed by atoms with Crippen LogP contribution in [0, 0.1) is 5.92 Å². The van der Waals surface area contributed by atoms with Gasteiger partial charge in [0.2, 0.25) is 5.95 Å². The van der Waals surface area contributed by atoms with Gasteiger partial charge in [-0.25, -0.2) is 9.97 Å². The van der Waals surface area contributed by atoms with Crippen LogP contribution in [0.2, 0.25) is 0 Å². The van der Waals surface area contributed by atoms with Crippen molar-refractivity contribution in [3.8, 4) is 0 Å². The zero-order chi connectivity index (χ0) is 14.9. The van der Waals surface area contributed by atoms with Crippen LogP contribution in [0.4, 0.5) is 19.1 Å². The van der Waals surface area contributed by atoms with Gasteiger partial charge in [-0.3, -0.25) is 10.9 Å². The van der Waals surface area contributed by atoms with E-state index in [2.05, 4.69) is 33.0 Å². The average molecular weight is 305 g/mol. The van der Waals surface area contributed by atoms with Gasteiger partial charge in [0.1, 0.15) is 0 Å². The first-order valence-corrected chi connectivity index (χ1v) is 6.46. The van der Waals surface area contributed by atoms with Gasteiger partial charge in [0.15, 0.2) is 10.8 Å². The number of hydrogen-bond donors (Lipinski definition) is 3. The van der Waals surface area contributed by atoms with Crippen LogP contribution in [-0.2, 0) is 19.0 Å². The van der Waals surface area contributed by atoms with E-state index in [-0.39, 0.29) is 22.5 Å². The van der Waals surface area contributed by atoms with Crippen LogP contribution in [0.3, 0.4) is 0 Å². The van der Waals surface area contributed by atoms with Gasteiger partial charge in [-0.15, -0.1) is 0 Å². The van der Waals surface area contributed by atoms with Crippen molar-refractivity contribution in [1.82, 2.24) is 15.4 Å². The number of halogens is 3. The molecule has 0 bridgehead atoms. The summed E-state index contributed by atoms with van der Waals surface area (Å²) in [6.07, 6.45) is -2.86. The number of fused-ring (bicyclic) bond motifs is 1. The van der Waals surface area contributed by atoms with E-state index < -0.39 is 11.9 Å². The molecule has 1 aromatic rings. The van der Waals surface area contributed by atoms with Crippen LogP contribution in [0.15, 0.2) is 0 Å². The number of aromatic nitrogens is 2. The van der Waals surface area contributed by atoms with E-state index in [1.165, 1.54) is 0 Å². The van der Waals surface area contributed by atoms with Crippen LogP contribution in [0.25, 0.3) is 0 Å². The number of hydrogen-bond acceptors (Lipinski definition) is 4. The molecule has 0 saturated carbocycles. The van der Waals surface area contributed by atoms with Crippen molar-refractivity contribution in [3.63, 3.8) is 0 Å². The molecule has 0 aromatic carbocycles. The number of rotatable bonds is 2. The van der Waals surface area contributed by atoms with Crippen LogP contribution >= 0.6 is 12.2 Å². The fraction of sp³-hybridized carbons (Fsp3) is 0.545. The van der Waals surface area contributed by atoms with Crippen molar-refractivity contribution < 1.29 is 13.2 Å². The van der Waals surface area contributed by atoms with Crippen molar-refractivity contribution in [2.75, 3.05) is 5.43 Å². The summed E-state index contributed by atoms with van der Waals surface area (Å²) in [5.41, 5.74) is 9.64. The molecule has 0 saturated heterocycles. The summed E-state index contributed by atoms with van der Waals surface area (Å²) in [7, 11) is 0. The molecule has 0 amide bonds. The molecule has 0 aliphatic heterocycles. The first-order valence-electron chi connectivity index (χ1n) is 6.06. The van der Waals surface area contributed by atoms with Crippen molar-refractivity contribution in [3.05, 3.63) is 17.0 Å². The minimum absolute atomic E-state index is 0.103. The number of aryl methyl sites for hydroxylation is 1. The van der Waals surface area contributed by atoms with Gasteiger partial charge in [0.25, 0.3) is 0 Å². The Kier molecular flexibility index (Phi) is 3.98. The van der Waals surface area contributed by atoms with Gasteiger partial charge < -0.3 is 5.73 Å². The van der Waals surface area contributed by atoms with E-state index in [9.17, 15) is 13.2 Å². The van der Waals surface area contributed by atoms with Crippen molar-refractivity contribution in [1.29, 1.82) is 0 Å². The topological polar surface area (TPSA) is 75.9 Å². The molecule has 20 heavy (non-hydrogen) atoms. The number of nitrogens with one attached hydrogen (secondary N) is 2. The Balaban J connectivity index is 2.41. The third kappa shape index (κ3) is 3.27. The second-order valence-corrected chi connectivity index (χ2v) is 5.22. The lowest BCUT2D eigenvalue weighted by atomic mass is 9.87. The minimum atomic E-state index is -4.51. The highest BCUT2D eigenvalue weighted by Gasteiger charge is 2.38. The molecule has 4 N–H and O–H groups in total. The number of thiocarbonyl (C=S) groups is 1. The van der Waals surface area contributed by atoms with Gasteiger partial charge in [-0.05, 0) is 37.4 Å². The summed E-state index contributed by atoms with van der Waals surface area (Å²) in [5, 5.41) is -0.103. The van der Waals surface area contributed by atoms with Crippen LogP contribution < -0.4 is 16.6 Å². The Bertz CT molecular complexity index is 532. The third-order valence-electron chi connectivity index (χ3n) is 3.09. The Labute approximate surface area is 119 Å². The lowest BCUT2D eigenvalue weighted by molar-refractivity contribution is -0.142. The second-order valence-electron chi connectivity index (χ2n) is 4.78. The Morgan fingerprint density at radius 1 is 1.40 bits per heavy atom. The Morgan fingerprint density at radius 3 is 2.70 bits per heavy atom. The monoisotopic (exact) mass is 305 g/mol. The number of alkyl halides is 3. The fourth-order valence-corrected chi connectivity index (χ4v) is 2.24. The molecule has 0 fully saturated rings. The molecule has 1 aliphatic carbocycles. The van der Waals surface area contributed by atoms with Crippen LogP contribution in [0.1, 0.15) is 30.3 Å². The highest BCUT2D eigenvalue weighted by atomic mass is 32.1. The Morgan fingerprint density at radius 2 is 2.10 bits per heavy atom. The molecule has 0 spiro atoms. The predicted molar refractivity (Wildman–Crippen MR) is 71.8 cm³/mol. The van der Waals surface area contributed by atoms with E-state index >= 15 is 0 Å². The molecule has 2 rings (SSSR count). The van der Waals surface area contributed by atoms with E-state index in [0.29, 0.717) is 18.5 Å². The zero-order valence-corrected chi connectivity index (χ0v) is 11.5. The quantitative estimate of drug-likeness (QED) is 0.571. The lowest BCUT2D eigenvalue weighted by Gasteiger charge is -2.24. The van der Waals surface area contributed by atoms with Crippen molar-refractivity contribution in [2.45, 2.75) is 32.4 Å². The number of nitrogens with two attached hydrogens (primary N) is 1. The van der Waals surface area contributed by atoms with E-state index in [1.807, 2.05) is 6.92 Å². The van der Waals surface area contributed by atoms with Crippen LogP contribution in [0.5, 0.6) is 0 Å². The van der Waals surface area contributed by atoms with E-state index in [1.54, 1.807) is 0 Å². The first kappa shape index (κ1) is 14.8. The van der Waals surface area contributed by atoms with Gasteiger partial charge in [-0.1, -0.05) is 6.92 Å². The molecule has 1 unspecified atom stereocenters. The highest BCUT2D eigenvalue weighted by molar-refractivity contribution is 7.80. The van der Waals surface area contributed by atoms with E-state index in [0.717, 1.165) is 6.42 Å². The molecule has 110 valence electrons. The predicted octanol–water partition coefficient (Wildman–Crippen LogP) is 1.78. The Hall–Kier alpha value is -1.64. The van der Waals surface area contributed by atoms with Gasteiger partial charge in [0, 0.05) is 11.3 Å². The van der Waals surface area contributed by atoms with Gasteiger partial charge in [-0.2, -0.15) is 13.2 Å². The highest BCUT2D eigenvalue weighted by Crippen LogP contribution is 2.36. The maximum atomic E-state index is 13.1. The summed E-state index contributed by atoms with van der Waals surface area (Å²) < 4.78 is 39.3. The fourth-order valence-electron chi connectivity index (χ4n) is 2.19. The molecule has 1 aromatic heterocycles. The number of nitrogens with zero attached hydrogens (tertiary/aromatic N) is 2. The van der Waals surface area contributed by atoms with Crippen molar-refractivity contribution >= 4 is 23.3 Å². The smallest absolute Gasteiger partial charge is 0.375 e. The number of anilines is 1. The average Bonchev–Trinajstić information content (AvgIpc) is 2.34. The molecule has 1 aliphatic rings. The summed E-state index contributed by atoms with van der Waals surface area (Å²) >= 11 is 4.56. The van der Waals surface area contributed by atoms with E-state index in [4.69, 9.17) is 5.73 Å². The molecule has 0 radical (unpaired) electrons. The largest absolute Gasteiger partial charge is 0.433 e. The molecular formula is C11H14F3N5S. The maximum absolute atomic E-state index is 13.1. The molecule has 5 nitrogen and oxygen atoms in total. The maximum Gasteiger partial charge on any atom is 0.433 e. The van der Waals surface area contributed by atoms with Gasteiger partial charge >= 0.3 is 6.18 Å². The zero-order valence-electron chi connectivity index (χ0n) is 10.7. The molecule has 9 heteroatoms. The first-order chi connectivity index (χ1) is 9.27. The summed E-state index contributed by atoms with van der Waals surface area (Å²) in [5.74, 6) is 0.0131. The molecule has 1 atom stereocenters. The standard InChI is InChI=1S/C11H14F3N5S/c1-5-2-3-7-6(4-5)8(11(12,13)14)17-10(16-7)19-18-9(15)20/h5H,2-4H2,1H3,(H3,15,18,20)(H,16,17,19). The SMILES string of the molecule is CC1CCc2nc(NNC(N)=S)nc(C(F)(F)F)c2C1. The van der Waals surface area contributed by atoms with Crippen LogP contribution in [-0.4, -0.2) is 15.1 Å². The summed E-state index contributed by atoms with van der Waals surface area (Å²) in [4.78, 5) is 7.63.